The molecule has 64 heavy (non-hydrogen) atoms. The van der Waals surface area contributed by atoms with Gasteiger partial charge in [-0.25, -0.2) is 0 Å². The topological polar surface area (TPSA) is 95.9 Å². The van der Waals surface area contributed by atoms with E-state index in [1.807, 2.05) is 6.08 Å². The lowest BCUT2D eigenvalue weighted by atomic mass is 10.0. The lowest BCUT2D eigenvalue weighted by Crippen LogP contribution is -2.46. The van der Waals surface area contributed by atoms with Crippen molar-refractivity contribution in [2.75, 3.05) is 6.61 Å². The summed E-state index contributed by atoms with van der Waals surface area (Å²) < 4.78 is 5.91. The Bertz CT molecular complexity index is 1140. The number of ether oxygens (including phenoxy) is 1. The summed E-state index contributed by atoms with van der Waals surface area (Å²) in [7, 11) is 0. The molecule has 0 saturated carbocycles. The third-order valence-corrected chi connectivity index (χ3v) is 12.4. The molecule has 0 aliphatic rings. The first-order chi connectivity index (χ1) is 31.5. The van der Waals surface area contributed by atoms with Crippen LogP contribution in [0.15, 0.2) is 60.8 Å². The van der Waals surface area contributed by atoms with Gasteiger partial charge in [-0.15, -0.1) is 0 Å². The Hall–Kier alpha value is -2.44. The molecule has 0 aromatic rings. The molecule has 6 heteroatoms. The molecule has 0 bridgehead atoms. The van der Waals surface area contributed by atoms with E-state index in [0.717, 1.165) is 70.6 Å². The first kappa shape index (κ1) is 61.6. The second-order valence-corrected chi connectivity index (χ2v) is 18.6. The third-order valence-electron chi connectivity index (χ3n) is 12.4. The molecule has 0 heterocycles. The molecule has 3 unspecified atom stereocenters. The fourth-order valence-corrected chi connectivity index (χ4v) is 8.25. The summed E-state index contributed by atoms with van der Waals surface area (Å²) in [6.45, 7) is 6.38. The van der Waals surface area contributed by atoms with Gasteiger partial charge in [0.1, 0.15) is 6.10 Å². The normalized spacial score (nSPS) is 13.6. The molecule has 0 spiro atoms. The molecule has 0 radical (unpaired) electrons. The molecule has 0 aliphatic heterocycles. The molecule has 0 aromatic heterocycles. The van der Waals surface area contributed by atoms with E-state index in [4.69, 9.17) is 4.74 Å². The number of rotatable bonds is 49. The minimum atomic E-state index is -0.800. The molecule has 0 saturated heterocycles. The average Bonchev–Trinajstić information content (AvgIpc) is 3.29. The fraction of sp³-hybridized carbons (Fsp3) is 0.793. The molecule has 0 rings (SSSR count). The summed E-state index contributed by atoms with van der Waals surface area (Å²) in [5, 5.41) is 23.8. The third kappa shape index (κ3) is 46.1. The van der Waals surface area contributed by atoms with E-state index in [2.05, 4.69) is 80.8 Å². The van der Waals surface area contributed by atoms with Gasteiger partial charge in [-0.05, 0) is 57.8 Å². The Morgan fingerprint density at radius 1 is 0.469 bits per heavy atom. The second kappa shape index (κ2) is 51.5. The van der Waals surface area contributed by atoms with Gasteiger partial charge in [0.2, 0.25) is 5.91 Å². The number of hydrogen-bond acceptors (Lipinski definition) is 5. The Morgan fingerprint density at radius 2 is 0.812 bits per heavy atom. The summed E-state index contributed by atoms with van der Waals surface area (Å²) in [5.74, 6) is -0.563. The highest BCUT2D eigenvalue weighted by Crippen LogP contribution is 2.18. The highest BCUT2D eigenvalue weighted by molar-refractivity contribution is 5.77. The largest absolute Gasteiger partial charge is 0.462 e. The number of carbonyl (C=O) groups is 2. The van der Waals surface area contributed by atoms with Crippen molar-refractivity contribution in [2.24, 2.45) is 0 Å². The number of nitrogens with one attached hydrogen (secondary N) is 1. The van der Waals surface area contributed by atoms with Crippen LogP contribution in [0.4, 0.5) is 0 Å². The van der Waals surface area contributed by atoms with Gasteiger partial charge < -0.3 is 20.3 Å². The number of aliphatic hydroxyl groups is 2. The van der Waals surface area contributed by atoms with Gasteiger partial charge in [0, 0.05) is 6.42 Å². The number of carbonyl (C=O) groups excluding carboxylic acids is 2. The van der Waals surface area contributed by atoms with Gasteiger partial charge in [-0.3, -0.25) is 9.59 Å². The van der Waals surface area contributed by atoms with Crippen LogP contribution in [0, 0.1) is 0 Å². The van der Waals surface area contributed by atoms with Crippen LogP contribution in [-0.2, 0) is 14.3 Å². The molecule has 0 aliphatic carbocycles. The van der Waals surface area contributed by atoms with Crippen LogP contribution >= 0.6 is 0 Å². The smallest absolute Gasteiger partial charge is 0.306 e. The quantitative estimate of drug-likeness (QED) is 0.0321. The van der Waals surface area contributed by atoms with Crippen LogP contribution < -0.4 is 5.32 Å². The maximum absolute atomic E-state index is 13.2. The number of amides is 1. The van der Waals surface area contributed by atoms with Crippen molar-refractivity contribution >= 4 is 11.9 Å². The fourth-order valence-electron chi connectivity index (χ4n) is 8.25. The Morgan fingerprint density at radius 3 is 1.19 bits per heavy atom. The highest BCUT2D eigenvalue weighted by Gasteiger charge is 2.24. The number of hydrogen-bond donors (Lipinski definition) is 3. The van der Waals surface area contributed by atoms with Crippen molar-refractivity contribution in [3.05, 3.63) is 60.8 Å². The van der Waals surface area contributed by atoms with E-state index >= 15 is 0 Å². The van der Waals surface area contributed by atoms with Gasteiger partial charge >= 0.3 is 5.97 Å². The first-order valence-corrected chi connectivity index (χ1v) is 27.5. The molecular formula is C58H105NO5. The molecule has 3 N–H and O–H groups in total. The molecule has 0 aromatic carbocycles. The minimum Gasteiger partial charge on any atom is -0.462 e. The van der Waals surface area contributed by atoms with Crippen molar-refractivity contribution in [2.45, 2.75) is 289 Å². The van der Waals surface area contributed by atoms with Crippen LogP contribution in [0.25, 0.3) is 0 Å². The zero-order valence-corrected chi connectivity index (χ0v) is 42.4. The SMILES string of the molecule is CC/C=C/C/C=C/C/C=C/C/C=C/C/C=C/CCC(=O)OC(CCCCCCCCCCCCCCCC)CC(=O)NC(CO)C(O)CCCCCCCCCCCCCCCCC. The number of esters is 1. The van der Waals surface area contributed by atoms with Gasteiger partial charge in [-0.2, -0.15) is 0 Å². The lowest BCUT2D eigenvalue weighted by molar-refractivity contribution is -0.150. The molecular weight excluding hydrogens is 791 g/mol. The summed E-state index contributed by atoms with van der Waals surface area (Å²) in [6, 6.07) is -0.716. The van der Waals surface area contributed by atoms with Crippen molar-refractivity contribution in [3.8, 4) is 0 Å². The molecule has 3 atom stereocenters. The van der Waals surface area contributed by atoms with E-state index in [0.29, 0.717) is 19.3 Å². The van der Waals surface area contributed by atoms with Gasteiger partial charge in [0.15, 0.2) is 0 Å². The standard InChI is InChI=1S/C58H105NO5/c1-4-7-10-13-16-19-22-25-28-30-33-36-39-42-45-48-51-58(63)64-54(49-46-43-40-37-34-31-27-24-21-18-15-12-9-6-3)52-57(62)59-55(53-60)56(61)50-47-44-41-38-35-32-29-26-23-20-17-14-11-8-5-2/h7,10,16,19,25,28,33,36,42,45,54-56,60-61H,4-6,8-9,11-15,17-18,20-24,26-27,29-32,34-35,37-41,43-44,46-53H2,1-3H3,(H,59,62)/b10-7+,19-16+,28-25+,36-33+,45-42+. The first-order valence-electron chi connectivity index (χ1n) is 27.5. The number of unbranched alkanes of at least 4 members (excludes halogenated alkanes) is 27. The summed E-state index contributed by atoms with van der Waals surface area (Å²) in [5.41, 5.74) is 0. The van der Waals surface area contributed by atoms with Crippen LogP contribution in [0.3, 0.4) is 0 Å². The lowest BCUT2D eigenvalue weighted by Gasteiger charge is -2.24. The van der Waals surface area contributed by atoms with Gasteiger partial charge in [-0.1, -0.05) is 261 Å². The van der Waals surface area contributed by atoms with E-state index < -0.39 is 18.2 Å². The molecule has 1 amide bonds. The van der Waals surface area contributed by atoms with E-state index in [1.165, 1.54) is 148 Å². The van der Waals surface area contributed by atoms with Crippen LogP contribution in [0.1, 0.15) is 271 Å². The second-order valence-electron chi connectivity index (χ2n) is 18.6. The Balaban J connectivity index is 4.64. The van der Waals surface area contributed by atoms with Crippen LogP contribution in [-0.4, -0.2) is 46.9 Å². The predicted octanol–water partition coefficient (Wildman–Crippen LogP) is 16.8. The predicted molar refractivity (Wildman–Crippen MR) is 278 cm³/mol. The Labute approximate surface area is 397 Å². The molecule has 6 nitrogen and oxygen atoms in total. The van der Waals surface area contributed by atoms with E-state index in [1.54, 1.807) is 0 Å². The van der Waals surface area contributed by atoms with Crippen LogP contribution in [0.5, 0.6) is 0 Å². The summed E-state index contributed by atoms with van der Waals surface area (Å²) in [6.07, 6.45) is 64.3. The molecule has 372 valence electrons. The van der Waals surface area contributed by atoms with E-state index in [9.17, 15) is 19.8 Å². The average molecular weight is 896 g/mol. The summed E-state index contributed by atoms with van der Waals surface area (Å²) >= 11 is 0. The van der Waals surface area contributed by atoms with Gasteiger partial charge in [0.25, 0.3) is 0 Å². The van der Waals surface area contributed by atoms with Crippen molar-refractivity contribution < 1.29 is 24.5 Å². The van der Waals surface area contributed by atoms with Crippen LogP contribution in [0.2, 0.25) is 0 Å². The maximum Gasteiger partial charge on any atom is 0.306 e. The number of allylic oxidation sites excluding steroid dienone is 10. The summed E-state index contributed by atoms with van der Waals surface area (Å²) in [4.78, 5) is 26.2. The van der Waals surface area contributed by atoms with Crippen molar-refractivity contribution in [1.29, 1.82) is 0 Å². The van der Waals surface area contributed by atoms with E-state index in [-0.39, 0.29) is 31.3 Å². The highest BCUT2D eigenvalue weighted by atomic mass is 16.5. The minimum absolute atomic E-state index is 0.0496. The number of aliphatic hydroxyl groups excluding tert-OH is 2. The zero-order valence-electron chi connectivity index (χ0n) is 42.4. The zero-order chi connectivity index (χ0) is 46.7. The van der Waals surface area contributed by atoms with Crippen molar-refractivity contribution in [3.63, 3.8) is 0 Å². The van der Waals surface area contributed by atoms with Gasteiger partial charge in [0.05, 0.1) is 25.2 Å². The molecule has 0 fully saturated rings. The monoisotopic (exact) mass is 896 g/mol. The maximum atomic E-state index is 13.2. The Kier molecular flexibility index (Phi) is 49.6. The van der Waals surface area contributed by atoms with Crippen molar-refractivity contribution in [1.82, 2.24) is 5.32 Å².